The van der Waals surface area contributed by atoms with Crippen LogP contribution in [0.2, 0.25) is 0 Å². The van der Waals surface area contributed by atoms with Gasteiger partial charge in [0.2, 0.25) is 15.9 Å². The lowest BCUT2D eigenvalue weighted by Crippen LogP contribution is -2.54. The number of rotatable bonds is 3. The van der Waals surface area contributed by atoms with Gasteiger partial charge in [0.1, 0.15) is 0 Å². The number of aromatic nitrogens is 1. The summed E-state index contributed by atoms with van der Waals surface area (Å²) >= 11 is 0. The highest BCUT2D eigenvalue weighted by molar-refractivity contribution is 7.89. The predicted molar refractivity (Wildman–Crippen MR) is 96.4 cm³/mol. The highest BCUT2D eigenvalue weighted by atomic mass is 32.2. The van der Waals surface area contributed by atoms with E-state index in [0.717, 1.165) is 5.56 Å². The molecule has 1 spiro atoms. The summed E-state index contributed by atoms with van der Waals surface area (Å²) in [4.78, 5) is 25.0. The molecule has 0 aromatic carbocycles. The molecule has 2 saturated heterocycles. The maximum atomic E-state index is 12.0. The average Bonchev–Trinajstić information content (AvgIpc) is 2.98. The average molecular weight is 437 g/mol. The molecule has 8 nitrogen and oxygen atoms in total. The molecule has 0 aliphatic carbocycles. The number of halogens is 3. The van der Waals surface area contributed by atoms with Crippen LogP contribution in [0.15, 0.2) is 24.5 Å². The Morgan fingerprint density at radius 1 is 1.38 bits per heavy atom. The Hall–Kier alpha value is -2.21. The summed E-state index contributed by atoms with van der Waals surface area (Å²) in [5.74, 6) is -2.52. The molecule has 162 valence electrons. The Bertz CT molecular complexity index is 838. The van der Waals surface area contributed by atoms with Gasteiger partial charge in [-0.1, -0.05) is 6.07 Å². The van der Waals surface area contributed by atoms with E-state index in [-0.39, 0.29) is 23.1 Å². The van der Waals surface area contributed by atoms with Gasteiger partial charge in [0.15, 0.2) is 0 Å². The minimum Gasteiger partial charge on any atom is -0.475 e. The maximum absolute atomic E-state index is 12.0. The lowest BCUT2D eigenvalue weighted by molar-refractivity contribution is -0.192. The molecule has 2 aliphatic rings. The monoisotopic (exact) mass is 437 g/mol. The van der Waals surface area contributed by atoms with Crippen LogP contribution < -0.4 is 5.32 Å². The van der Waals surface area contributed by atoms with E-state index in [0.29, 0.717) is 32.4 Å². The van der Waals surface area contributed by atoms with E-state index in [9.17, 15) is 26.4 Å². The third-order valence-corrected chi connectivity index (χ3v) is 7.03. The second kappa shape index (κ2) is 8.66. The van der Waals surface area contributed by atoms with E-state index in [1.807, 2.05) is 18.3 Å². The second-order valence-electron chi connectivity index (χ2n) is 6.85. The van der Waals surface area contributed by atoms with Crippen molar-refractivity contribution in [2.75, 3.05) is 18.8 Å². The Balaban J connectivity index is 0.000000370. The Labute approximate surface area is 166 Å². The highest BCUT2D eigenvalue weighted by Gasteiger charge is 2.49. The molecule has 1 unspecified atom stereocenters. The number of piperidine rings is 1. The quantitative estimate of drug-likeness (QED) is 0.740. The summed E-state index contributed by atoms with van der Waals surface area (Å²) in [5.41, 5.74) is 0.715. The van der Waals surface area contributed by atoms with Crippen molar-refractivity contribution in [2.45, 2.75) is 43.8 Å². The molecular formula is C17H22F3N3O5S. The van der Waals surface area contributed by atoms with Crippen molar-refractivity contribution in [1.82, 2.24) is 14.6 Å². The number of aliphatic carboxylic acids is 1. The number of alkyl halides is 3. The Kier molecular flexibility index (Phi) is 6.89. The van der Waals surface area contributed by atoms with Crippen LogP contribution >= 0.6 is 0 Å². The summed E-state index contributed by atoms with van der Waals surface area (Å²) in [7, 11) is -3.15. The first-order valence-corrected chi connectivity index (χ1v) is 10.5. The number of nitrogens with zero attached hydrogens (tertiary/aromatic N) is 2. The standard InChI is InChI=1S/C15H21N3O3S.C2HF3O2/c1-2-22(20,21)18-8-5-15(6-9-18)13(10-14(19)17-15)12-4-3-7-16-11-12;3-2(4,5)1(6)7/h3-4,7,11,13H,2,5-6,8-10H2,1H3,(H,17,19);(H,6,7). The third-order valence-electron chi connectivity index (χ3n) is 5.15. The van der Waals surface area contributed by atoms with Crippen LogP contribution in [0.3, 0.4) is 0 Å². The smallest absolute Gasteiger partial charge is 0.475 e. The van der Waals surface area contributed by atoms with Crippen LogP contribution in [0, 0.1) is 0 Å². The van der Waals surface area contributed by atoms with Crippen molar-refractivity contribution < 1.29 is 36.3 Å². The first-order chi connectivity index (χ1) is 13.4. The van der Waals surface area contributed by atoms with Gasteiger partial charge in [-0.2, -0.15) is 13.2 Å². The molecule has 12 heteroatoms. The number of carboxylic acid groups (broad SMARTS) is 1. The first-order valence-electron chi connectivity index (χ1n) is 8.90. The van der Waals surface area contributed by atoms with Gasteiger partial charge < -0.3 is 10.4 Å². The predicted octanol–water partition coefficient (Wildman–Crippen LogP) is 1.50. The molecule has 2 fully saturated rings. The zero-order chi connectivity index (χ0) is 21.9. The molecule has 29 heavy (non-hydrogen) atoms. The molecule has 1 atom stereocenters. The van der Waals surface area contributed by atoms with Crippen molar-refractivity contribution in [3.8, 4) is 0 Å². The van der Waals surface area contributed by atoms with Crippen LogP contribution in [0.25, 0.3) is 0 Å². The largest absolute Gasteiger partial charge is 0.490 e. The van der Waals surface area contributed by atoms with Crippen LogP contribution in [0.1, 0.15) is 37.7 Å². The third kappa shape index (κ3) is 5.44. The van der Waals surface area contributed by atoms with Gasteiger partial charge in [-0.3, -0.25) is 9.78 Å². The molecule has 0 bridgehead atoms. The highest BCUT2D eigenvalue weighted by Crippen LogP contribution is 2.43. The van der Waals surface area contributed by atoms with Crippen LogP contribution in [-0.2, 0) is 19.6 Å². The van der Waals surface area contributed by atoms with E-state index in [1.54, 1.807) is 17.4 Å². The zero-order valence-electron chi connectivity index (χ0n) is 15.6. The van der Waals surface area contributed by atoms with Crippen LogP contribution in [0.5, 0.6) is 0 Å². The second-order valence-corrected chi connectivity index (χ2v) is 9.11. The van der Waals surface area contributed by atoms with E-state index < -0.39 is 22.2 Å². The molecule has 3 heterocycles. The molecule has 1 aromatic rings. The van der Waals surface area contributed by atoms with Crippen LogP contribution in [-0.4, -0.2) is 65.2 Å². The fourth-order valence-corrected chi connectivity index (χ4v) is 4.74. The minimum absolute atomic E-state index is 0.0423. The number of amides is 1. The van der Waals surface area contributed by atoms with Gasteiger partial charge in [0, 0.05) is 43.4 Å². The summed E-state index contributed by atoms with van der Waals surface area (Å²) in [6.07, 6.45) is 0.194. The molecule has 1 aromatic heterocycles. The summed E-state index contributed by atoms with van der Waals surface area (Å²) in [6.45, 7) is 2.59. The summed E-state index contributed by atoms with van der Waals surface area (Å²) < 4.78 is 57.3. The number of hydrogen-bond donors (Lipinski definition) is 2. The zero-order valence-corrected chi connectivity index (χ0v) is 16.5. The molecular weight excluding hydrogens is 415 g/mol. The van der Waals surface area contributed by atoms with Gasteiger partial charge in [-0.05, 0) is 31.4 Å². The maximum Gasteiger partial charge on any atom is 0.490 e. The lowest BCUT2D eigenvalue weighted by atomic mass is 9.75. The van der Waals surface area contributed by atoms with Crippen LogP contribution in [0.4, 0.5) is 13.2 Å². The number of carboxylic acids is 1. The van der Waals surface area contributed by atoms with Crippen molar-refractivity contribution in [1.29, 1.82) is 0 Å². The topological polar surface area (TPSA) is 117 Å². The summed E-state index contributed by atoms with van der Waals surface area (Å²) in [5, 5.41) is 10.2. The van der Waals surface area contributed by atoms with Crippen molar-refractivity contribution in [3.63, 3.8) is 0 Å². The van der Waals surface area contributed by atoms with E-state index in [2.05, 4.69) is 10.3 Å². The van der Waals surface area contributed by atoms with Crippen molar-refractivity contribution in [2.24, 2.45) is 0 Å². The van der Waals surface area contributed by atoms with Gasteiger partial charge in [-0.15, -0.1) is 0 Å². The number of pyridine rings is 1. The van der Waals surface area contributed by atoms with E-state index >= 15 is 0 Å². The van der Waals surface area contributed by atoms with E-state index in [1.165, 1.54) is 0 Å². The molecule has 0 saturated carbocycles. The summed E-state index contributed by atoms with van der Waals surface area (Å²) in [6, 6.07) is 3.87. The SMILES string of the molecule is CCS(=O)(=O)N1CCC2(CC1)NC(=O)CC2c1cccnc1.O=C(O)C(F)(F)F. The normalized spacial score (nSPS) is 21.9. The van der Waals surface area contributed by atoms with Crippen molar-refractivity contribution in [3.05, 3.63) is 30.1 Å². The molecule has 2 aliphatic heterocycles. The fraction of sp³-hybridized carbons (Fsp3) is 0.588. The number of carbonyl (C=O) groups excluding carboxylic acids is 1. The molecule has 2 N–H and O–H groups in total. The number of nitrogens with one attached hydrogen (secondary N) is 1. The van der Waals surface area contributed by atoms with E-state index in [4.69, 9.17) is 9.90 Å². The molecule has 3 rings (SSSR count). The van der Waals surface area contributed by atoms with Gasteiger partial charge in [-0.25, -0.2) is 17.5 Å². The fourth-order valence-electron chi connectivity index (χ4n) is 3.63. The Morgan fingerprint density at radius 2 is 1.97 bits per heavy atom. The van der Waals surface area contributed by atoms with Gasteiger partial charge >= 0.3 is 12.1 Å². The molecule has 0 radical (unpaired) electrons. The van der Waals surface area contributed by atoms with Gasteiger partial charge in [0.05, 0.1) is 5.75 Å². The van der Waals surface area contributed by atoms with Gasteiger partial charge in [0.25, 0.3) is 0 Å². The number of sulfonamides is 1. The Morgan fingerprint density at radius 3 is 2.41 bits per heavy atom. The van der Waals surface area contributed by atoms with Crippen molar-refractivity contribution >= 4 is 21.9 Å². The number of carbonyl (C=O) groups is 2. The number of hydrogen-bond acceptors (Lipinski definition) is 5. The molecule has 1 amide bonds. The minimum atomic E-state index is -5.08. The lowest BCUT2D eigenvalue weighted by Gasteiger charge is -2.42. The first kappa shape index (κ1) is 23.1.